The lowest BCUT2D eigenvalue weighted by Gasteiger charge is -2.10. The van der Waals surface area contributed by atoms with Gasteiger partial charge in [0.15, 0.2) is 5.78 Å². The van der Waals surface area contributed by atoms with E-state index in [1.165, 1.54) is 0 Å². The molecular weight excluding hydrogens is 203 g/mol. The first-order valence-corrected chi connectivity index (χ1v) is 5.90. The summed E-state index contributed by atoms with van der Waals surface area (Å²) in [5, 5.41) is 0. The highest BCUT2D eigenvalue weighted by atomic mass is 19.1. The van der Waals surface area contributed by atoms with E-state index in [4.69, 9.17) is 0 Å². The van der Waals surface area contributed by atoms with Crippen LogP contribution in [0.25, 0.3) is 0 Å². The Kier molecular flexibility index (Phi) is 3.08. The summed E-state index contributed by atoms with van der Waals surface area (Å²) < 4.78 is 13.4. The van der Waals surface area contributed by atoms with Crippen molar-refractivity contribution in [3.05, 3.63) is 34.6 Å². The Balaban J connectivity index is 2.29. The minimum Gasteiger partial charge on any atom is -0.294 e. The molecule has 1 saturated carbocycles. The summed E-state index contributed by atoms with van der Waals surface area (Å²) in [7, 11) is 0. The highest BCUT2D eigenvalue weighted by Gasteiger charge is 2.24. The fourth-order valence-corrected chi connectivity index (χ4v) is 2.51. The van der Waals surface area contributed by atoms with E-state index in [1.807, 2.05) is 0 Å². The number of carbonyl (C=O) groups is 1. The van der Waals surface area contributed by atoms with Crippen molar-refractivity contribution in [2.24, 2.45) is 5.92 Å². The average Bonchev–Trinajstić information content (AvgIpc) is 2.77. The Morgan fingerprint density at radius 2 is 1.69 bits per heavy atom. The summed E-state index contributed by atoms with van der Waals surface area (Å²) in [5.41, 5.74) is 1.82. The van der Waals surface area contributed by atoms with Gasteiger partial charge in [-0.3, -0.25) is 4.79 Å². The Hall–Kier alpha value is -1.18. The van der Waals surface area contributed by atoms with E-state index >= 15 is 0 Å². The second-order valence-electron chi connectivity index (χ2n) is 4.77. The zero-order valence-corrected chi connectivity index (χ0v) is 9.85. The first-order chi connectivity index (χ1) is 7.59. The van der Waals surface area contributed by atoms with Crippen LogP contribution in [0.15, 0.2) is 12.1 Å². The van der Waals surface area contributed by atoms with Gasteiger partial charge in [0.25, 0.3) is 0 Å². The molecule has 1 aromatic carbocycles. The largest absolute Gasteiger partial charge is 0.294 e. The van der Waals surface area contributed by atoms with E-state index in [-0.39, 0.29) is 17.5 Å². The molecular formula is C14H17FO. The summed E-state index contributed by atoms with van der Waals surface area (Å²) in [6.45, 7) is 3.43. The Bertz CT molecular complexity index is 394. The number of halogens is 1. The van der Waals surface area contributed by atoms with E-state index in [2.05, 4.69) is 0 Å². The van der Waals surface area contributed by atoms with Gasteiger partial charge in [0.2, 0.25) is 0 Å². The molecule has 0 amide bonds. The second-order valence-corrected chi connectivity index (χ2v) is 4.77. The third-order valence-electron chi connectivity index (χ3n) is 3.45. The van der Waals surface area contributed by atoms with Crippen LogP contribution in [-0.4, -0.2) is 5.78 Å². The summed E-state index contributed by atoms with van der Waals surface area (Å²) in [6, 6.07) is 3.37. The van der Waals surface area contributed by atoms with Gasteiger partial charge in [-0.25, -0.2) is 4.39 Å². The molecule has 0 radical (unpaired) electrons. The highest BCUT2D eigenvalue weighted by Crippen LogP contribution is 2.29. The molecule has 2 heteroatoms. The fraction of sp³-hybridized carbons (Fsp3) is 0.500. The number of carbonyl (C=O) groups excluding carboxylic acids is 1. The molecule has 1 aliphatic carbocycles. The van der Waals surface area contributed by atoms with Crippen molar-refractivity contribution in [1.29, 1.82) is 0 Å². The van der Waals surface area contributed by atoms with Gasteiger partial charge in [-0.1, -0.05) is 12.8 Å². The second kappa shape index (κ2) is 4.36. The maximum Gasteiger partial charge on any atom is 0.165 e. The highest BCUT2D eigenvalue weighted by molar-refractivity contribution is 5.98. The maximum absolute atomic E-state index is 13.4. The predicted octanol–water partition coefficient (Wildman–Crippen LogP) is 3.82. The molecule has 0 heterocycles. The monoisotopic (exact) mass is 220 g/mol. The van der Waals surface area contributed by atoms with Crippen LogP contribution in [-0.2, 0) is 0 Å². The van der Waals surface area contributed by atoms with Gasteiger partial charge in [0, 0.05) is 11.5 Å². The van der Waals surface area contributed by atoms with E-state index < -0.39 is 0 Å². The van der Waals surface area contributed by atoms with Crippen molar-refractivity contribution in [2.75, 3.05) is 0 Å². The number of rotatable bonds is 2. The number of hydrogen-bond donors (Lipinski definition) is 0. The number of benzene rings is 1. The van der Waals surface area contributed by atoms with Crippen molar-refractivity contribution in [1.82, 2.24) is 0 Å². The summed E-state index contributed by atoms with van der Waals surface area (Å²) >= 11 is 0. The van der Waals surface area contributed by atoms with Crippen LogP contribution in [0.2, 0.25) is 0 Å². The molecule has 2 rings (SSSR count). The SMILES string of the molecule is Cc1cc(C(=O)C2CCCC2)cc(C)c1F. The minimum absolute atomic E-state index is 0.171. The lowest BCUT2D eigenvalue weighted by atomic mass is 9.94. The Morgan fingerprint density at radius 3 is 2.19 bits per heavy atom. The third kappa shape index (κ3) is 2.01. The van der Waals surface area contributed by atoms with Gasteiger partial charge in [0.05, 0.1) is 0 Å². The molecule has 86 valence electrons. The minimum atomic E-state index is -0.192. The predicted molar refractivity (Wildman–Crippen MR) is 62.2 cm³/mol. The molecule has 0 saturated heterocycles. The van der Waals surface area contributed by atoms with Crippen LogP contribution in [0, 0.1) is 25.6 Å². The normalized spacial score (nSPS) is 16.7. The van der Waals surface area contributed by atoms with Gasteiger partial charge in [0.1, 0.15) is 5.82 Å². The molecule has 0 bridgehead atoms. The molecule has 0 aromatic heterocycles. The van der Waals surface area contributed by atoms with Gasteiger partial charge in [-0.2, -0.15) is 0 Å². The van der Waals surface area contributed by atoms with Crippen LogP contribution in [0.3, 0.4) is 0 Å². The lowest BCUT2D eigenvalue weighted by molar-refractivity contribution is 0.0922. The zero-order valence-electron chi connectivity index (χ0n) is 9.85. The van der Waals surface area contributed by atoms with E-state index in [0.29, 0.717) is 16.7 Å². The molecule has 0 unspecified atom stereocenters. The van der Waals surface area contributed by atoms with Gasteiger partial charge >= 0.3 is 0 Å². The molecule has 1 aromatic rings. The number of Topliss-reactive ketones (excluding diaryl/α,β-unsaturated/α-hetero) is 1. The van der Waals surface area contributed by atoms with Crippen LogP contribution in [0.4, 0.5) is 4.39 Å². The molecule has 1 fully saturated rings. The molecule has 0 spiro atoms. The van der Waals surface area contributed by atoms with Gasteiger partial charge in [-0.15, -0.1) is 0 Å². The van der Waals surface area contributed by atoms with Crippen molar-refractivity contribution >= 4 is 5.78 Å². The van der Waals surface area contributed by atoms with Gasteiger partial charge < -0.3 is 0 Å². The van der Waals surface area contributed by atoms with E-state index in [0.717, 1.165) is 25.7 Å². The summed E-state index contributed by atoms with van der Waals surface area (Å²) in [4.78, 5) is 12.1. The molecule has 1 aliphatic rings. The van der Waals surface area contributed by atoms with Crippen LogP contribution in [0.5, 0.6) is 0 Å². The standard InChI is InChI=1S/C14H17FO/c1-9-7-12(8-10(2)13(9)15)14(16)11-5-3-4-6-11/h7-8,11H,3-6H2,1-2H3. The smallest absolute Gasteiger partial charge is 0.165 e. The fourth-order valence-electron chi connectivity index (χ4n) is 2.51. The first-order valence-electron chi connectivity index (χ1n) is 5.90. The van der Waals surface area contributed by atoms with E-state index in [9.17, 15) is 9.18 Å². The zero-order chi connectivity index (χ0) is 11.7. The van der Waals surface area contributed by atoms with Crippen molar-refractivity contribution in [3.8, 4) is 0 Å². The molecule has 0 aliphatic heterocycles. The maximum atomic E-state index is 13.4. The van der Waals surface area contributed by atoms with Crippen LogP contribution in [0.1, 0.15) is 47.2 Å². The van der Waals surface area contributed by atoms with Crippen molar-refractivity contribution in [3.63, 3.8) is 0 Å². The first kappa shape index (κ1) is 11.3. The molecule has 1 nitrogen and oxygen atoms in total. The number of ketones is 1. The molecule has 0 N–H and O–H groups in total. The topological polar surface area (TPSA) is 17.1 Å². The summed E-state index contributed by atoms with van der Waals surface area (Å²) in [5.74, 6) is 0.177. The molecule has 0 atom stereocenters. The number of aryl methyl sites for hydroxylation is 2. The molecule has 16 heavy (non-hydrogen) atoms. The van der Waals surface area contributed by atoms with Crippen LogP contribution >= 0.6 is 0 Å². The number of hydrogen-bond acceptors (Lipinski definition) is 1. The Morgan fingerprint density at radius 1 is 1.19 bits per heavy atom. The van der Waals surface area contributed by atoms with Gasteiger partial charge in [-0.05, 0) is 49.9 Å². The van der Waals surface area contributed by atoms with Crippen LogP contribution < -0.4 is 0 Å². The quantitative estimate of drug-likeness (QED) is 0.692. The van der Waals surface area contributed by atoms with Crippen molar-refractivity contribution in [2.45, 2.75) is 39.5 Å². The summed E-state index contributed by atoms with van der Waals surface area (Å²) in [6.07, 6.45) is 4.29. The van der Waals surface area contributed by atoms with Crippen molar-refractivity contribution < 1.29 is 9.18 Å². The van der Waals surface area contributed by atoms with E-state index in [1.54, 1.807) is 26.0 Å². The Labute approximate surface area is 95.7 Å². The lowest BCUT2D eigenvalue weighted by Crippen LogP contribution is -2.12. The third-order valence-corrected chi connectivity index (χ3v) is 3.45. The average molecular weight is 220 g/mol.